The van der Waals surface area contributed by atoms with E-state index in [1.807, 2.05) is 0 Å². The van der Waals surface area contributed by atoms with E-state index in [4.69, 9.17) is 14.9 Å². The van der Waals surface area contributed by atoms with E-state index >= 15 is 0 Å². The zero-order valence-electron chi connectivity index (χ0n) is 7.32. The topological polar surface area (TPSA) is 49.7 Å². The van der Waals surface area contributed by atoms with Crippen LogP contribution in [0.15, 0.2) is 24.3 Å². The smallest absolute Gasteiger partial charge is 0.160 e. The molecule has 0 aliphatic heterocycles. The molecule has 0 aliphatic carbocycles. The maximum atomic E-state index is 8.99. The molecule has 12 heavy (non-hydrogen) atoms. The number of hydrogen-bond donors (Lipinski definition) is 2. The lowest BCUT2D eigenvalue weighted by atomic mass is 10.3. The summed E-state index contributed by atoms with van der Waals surface area (Å²) in [6.45, 7) is 1.93. The molecule has 0 aliphatic rings. The van der Waals surface area contributed by atoms with E-state index in [-0.39, 0.29) is 12.4 Å². The Hall–Kier alpha value is -1.22. The zero-order valence-corrected chi connectivity index (χ0v) is 7.32. The zero-order chi connectivity index (χ0) is 9.40. The molecule has 3 nitrogen and oxygen atoms in total. The Balaban J connectivity index is 0.000000354. The second-order valence-electron chi connectivity index (χ2n) is 1.99. The molecule has 1 aromatic carbocycles. The molecule has 3 heteroatoms. The first-order chi connectivity index (χ1) is 5.76. The number of hydrogen-bond acceptors (Lipinski definition) is 3. The number of aliphatic hydroxyl groups excluding tert-OH is 1. The van der Waals surface area contributed by atoms with E-state index in [1.165, 1.54) is 7.11 Å². The summed E-state index contributed by atoms with van der Waals surface area (Å²) in [5.74, 6) is 0.692. The maximum Gasteiger partial charge on any atom is 0.160 e. The van der Waals surface area contributed by atoms with Crippen LogP contribution in [0.3, 0.4) is 0 Å². The summed E-state index contributed by atoms with van der Waals surface area (Å²) in [7, 11) is 1.52. The number of aromatic hydroxyl groups is 1. The minimum atomic E-state index is 0.181. The Bertz CT molecular complexity index is 211. The van der Waals surface area contributed by atoms with Gasteiger partial charge in [0.05, 0.1) is 7.11 Å². The largest absolute Gasteiger partial charge is 0.504 e. The highest BCUT2D eigenvalue weighted by Gasteiger charge is 1.94. The molecular weight excluding hydrogens is 156 g/mol. The number of ether oxygens (including phenoxy) is 1. The summed E-state index contributed by atoms with van der Waals surface area (Å²) in [5, 5.41) is 16.6. The number of rotatable bonds is 1. The van der Waals surface area contributed by atoms with Crippen LogP contribution in [0.4, 0.5) is 0 Å². The SMILES string of the molecule is CCO.COc1ccccc1O. The van der Waals surface area contributed by atoms with Crippen molar-refractivity contribution in [1.29, 1.82) is 0 Å². The minimum Gasteiger partial charge on any atom is -0.504 e. The first-order valence-electron chi connectivity index (χ1n) is 3.69. The lowest BCUT2D eigenvalue weighted by Gasteiger charge is -1.99. The molecule has 2 N–H and O–H groups in total. The van der Waals surface area contributed by atoms with Gasteiger partial charge in [0.2, 0.25) is 0 Å². The third kappa shape index (κ3) is 3.83. The third-order valence-electron chi connectivity index (χ3n) is 1.09. The summed E-state index contributed by atoms with van der Waals surface area (Å²) in [6, 6.07) is 6.84. The molecule has 0 heterocycles. The van der Waals surface area contributed by atoms with Crippen molar-refractivity contribution in [3.63, 3.8) is 0 Å². The average Bonchev–Trinajstić information content (AvgIpc) is 2.07. The van der Waals surface area contributed by atoms with Crippen molar-refractivity contribution >= 4 is 0 Å². The van der Waals surface area contributed by atoms with Crippen LogP contribution in [0.25, 0.3) is 0 Å². The van der Waals surface area contributed by atoms with Crippen LogP contribution in [0.2, 0.25) is 0 Å². The van der Waals surface area contributed by atoms with E-state index in [9.17, 15) is 0 Å². The van der Waals surface area contributed by atoms with Crippen LogP contribution in [-0.4, -0.2) is 23.9 Å². The van der Waals surface area contributed by atoms with E-state index in [0.717, 1.165) is 0 Å². The predicted octanol–water partition coefficient (Wildman–Crippen LogP) is 1.40. The molecule has 0 unspecified atom stereocenters. The monoisotopic (exact) mass is 170 g/mol. The van der Waals surface area contributed by atoms with Gasteiger partial charge in [-0.3, -0.25) is 0 Å². The second kappa shape index (κ2) is 6.49. The molecule has 0 radical (unpaired) electrons. The lowest BCUT2D eigenvalue weighted by Crippen LogP contribution is -1.80. The van der Waals surface area contributed by atoms with E-state index in [1.54, 1.807) is 31.2 Å². The number of aliphatic hydroxyl groups is 1. The van der Waals surface area contributed by atoms with Crippen LogP contribution in [0.1, 0.15) is 6.92 Å². The van der Waals surface area contributed by atoms with E-state index in [0.29, 0.717) is 5.75 Å². The van der Waals surface area contributed by atoms with Gasteiger partial charge in [-0.1, -0.05) is 12.1 Å². The Morgan fingerprint density at radius 3 is 2.17 bits per heavy atom. The van der Waals surface area contributed by atoms with Gasteiger partial charge in [0.15, 0.2) is 11.5 Å². The Morgan fingerprint density at radius 1 is 1.33 bits per heavy atom. The van der Waals surface area contributed by atoms with E-state index < -0.39 is 0 Å². The molecule has 1 aromatic rings. The van der Waals surface area contributed by atoms with Crippen LogP contribution < -0.4 is 4.74 Å². The molecule has 68 valence electrons. The van der Waals surface area contributed by atoms with Gasteiger partial charge < -0.3 is 14.9 Å². The van der Waals surface area contributed by atoms with Crippen LogP contribution in [0.5, 0.6) is 11.5 Å². The van der Waals surface area contributed by atoms with Gasteiger partial charge in [0, 0.05) is 6.61 Å². The van der Waals surface area contributed by atoms with Gasteiger partial charge >= 0.3 is 0 Å². The van der Waals surface area contributed by atoms with Gasteiger partial charge in [-0.05, 0) is 19.1 Å². The summed E-state index contributed by atoms with van der Waals surface area (Å²) < 4.78 is 4.79. The highest BCUT2D eigenvalue weighted by atomic mass is 16.5. The highest BCUT2D eigenvalue weighted by Crippen LogP contribution is 2.22. The summed E-state index contributed by atoms with van der Waals surface area (Å²) in [6.07, 6.45) is 0. The Kier molecular flexibility index (Phi) is 5.83. The van der Waals surface area contributed by atoms with Crippen LogP contribution in [-0.2, 0) is 0 Å². The molecule has 0 fully saturated rings. The van der Waals surface area contributed by atoms with Gasteiger partial charge in [0.1, 0.15) is 0 Å². The normalized spacial score (nSPS) is 8.25. The van der Waals surface area contributed by atoms with Crippen LogP contribution >= 0.6 is 0 Å². The summed E-state index contributed by atoms with van der Waals surface area (Å²) >= 11 is 0. The van der Waals surface area contributed by atoms with Gasteiger partial charge in [0.25, 0.3) is 0 Å². The number of phenols is 1. The maximum absolute atomic E-state index is 8.99. The first-order valence-corrected chi connectivity index (χ1v) is 3.69. The number of para-hydroxylation sites is 2. The molecule has 0 spiro atoms. The number of phenolic OH excluding ortho intramolecular Hbond substituents is 1. The molecule has 0 saturated heterocycles. The number of methoxy groups -OCH3 is 1. The molecular formula is C9H14O3. The Labute approximate surface area is 72.2 Å². The second-order valence-corrected chi connectivity index (χ2v) is 1.99. The minimum absolute atomic E-state index is 0.181. The van der Waals surface area contributed by atoms with Crippen molar-refractivity contribution in [3.05, 3.63) is 24.3 Å². The van der Waals surface area contributed by atoms with Crippen molar-refractivity contribution in [2.75, 3.05) is 13.7 Å². The van der Waals surface area contributed by atoms with Gasteiger partial charge in [-0.15, -0.1) is 0 Å². The molecule has 1 rings (SSSR count). The fourth-order valence-electron chi connectivity index (χ4n) is 0.630. The fraction of sp³-hybridized carbons (Fsp3) is 0.333. The molecule has 0 atom stereocenters. The average molecular weight is 170 g/mol. The van der Waals surface area contributed by atoms with Crippen LogP contribution in [0, 0.1) is 0 Å². The first kappa shape index (κ1) is 10.8. The summed E-state index contributed by atoms with van der Waals surface area (Å²) in [4.78, 5) is 0. The molecule has 0 saturated carbocycles. The highest BCUT2D eigenvalue weighted by molar-refractivity contribution is 5.37. The van der Waals surface area contributed by atoms with Crippen molar-refractivity contribution in [1.82, 2.24) is 0 Å². The van der Waals surface area contributed by atoms with Gasteiger partial charge in [-0.2, -0.15) is 0 Å². The van der Waals surface area contributed by atoms with Crippen molar-refractivity contribution in [2.45, 2.75) is 6.92 Å². The van der Waals surface area contributed by atoms with Crippen molar-refractivity contribution in [2.24, 2.45) is 0 Å². The van der Waals surface area contributed by atoms with Crippen molar-refractivity contribution in [3.8, 4) is 11.5 Å². The van der Waals surface area contributed by atoms with Crippen molar-refractivity contribution < 1.29 is 14.9 Å². The summed E-state index contributed by atoms with van der Waals surface area (Å²) in [5.41, 5.74) is 0. The third-order valence-corrected chi connectivity index (χ3v) is 1.09. The fourth-order valence-corrected chi connectivity index (χ4v) is 0.630. The predicted molar refractivity (Wildman–Crippen MR) is 47.4 cm³/mol. The standard InChI is InChI=1S/C7H8O2.C2H6O/c1-9-7-5-3-2-4-6(7)8;1-2-3/h2-5,8H,1H3;3H,2H2,1H3. The molecule has 0 aromatic heterocycles. The molecule has 0 amide bonds. The molecule has 0 bridgehead atoms. The lowest BCUT2D eigenvalue weighted by molar-refractivity contribution is 0.318. The van der Waals surface area contributed by atoms with E-state index in [2.05, 4.69) is 0 Å². The quantitative estimate of drug-likeness (QED) is 0.669. The van der Waals surface area contributed by atoms with Gasteiger partial charge in [-0.25, -0.2) is 0 Å². The Morgan fingerprint density at radius 2 is 1.83 bits per heavy atom. The number of benzene rings is 1.